The van der Waals surface area contributed by atoms with Crippen LogP contribution in [-0.2, 0) is 0 Å². The van der Waals surface area contributed by atoms with Gasteiger partial charge in [0.25, 0.3) is 0 Å². The van der Waals surface area contributed by atoms with E-state index in [0.717, 1.165) is 31.1 Å². The molecule has 1 heteroatoms. The van der Waals surface area contributed by atoms with Crippen molar-refractivity contribution in [3.05, 3.63) is 36.5 Å². The Labute approximate surface area is 144 Å². The van der Waals surface area contributed by atoms with Crippen LogP contribution in [0.25, 0.3) is 0 Å². The van der Waals surface area contributed by atoms with E-state index in [1.54, 1.807) is 0 Å². The maximum absolute atomic E-state index is 6.48. The van der Waals surface area contributed by atoms with E-state index in [9.17, 15) is 0 Å². The first-order valence-electron chi connectivity index (χ1n) is 9.69. The Morgan fingerprint density at radius 1 is 1.43 bits per heavy atom. The van der Waals surface area contributed by atoms with Gasteiger partial charge in [0.2, 0.25) is 0 Å². The van der Waals surface area contributed by atoms with Gasteiger partial charge in [-0.3, -0.25) is 0 Å². The lowest BCUT2D eigenvalue weighted by atomic mass is 9.50. The van der Waals surface area contributed by atoms with Crippen molar-refractivity contribution in [1.29, 1.82) is 0 Å². The van der Waals surface area contributed by atoms with E-state index in [1.807, 2.05) is 6.08 Å². The average molecular weight is 316 g/mol. The Bertz CT molecular complexity index is 461. The van der Waals surface area contributed by atoms with Crippen LogP contribution in [0.4, 0.5) is 0 Å². The molecule has 2 aliphatic rings. The third kappa shape index (κ3) is 3.82. The number of allylic oxidation sites excluding steroid dienone is 3. The van der Waals surface area contributed by atoms with Crippen molar-refractivity contribution in [3.8, 4) is 0 Å². The number of unbranched alkanes of at least 4 members (excludes halogenated alkanes) is 1. The molecule has 2 fully saturated rings. The van der Waals surface area contributed by atoms with Crippen LogP contribution in [0.15, 0.2) is 36.5 Å². The third-order valence-electron chi connectivity index (χ3n) is 6.83. The number of nitrogens with two attached hydrogens (primary N) is 1. The van der Waals surface area contributed by atoms with Gasteiger partial charge in [0.1, 0.15) is 0 Å². The summed E-state index contributed by atoms with van der Waals surface area (Å²) in [5.41, 5.74) is 9.57. The largest absolute Gasteiger partial charge is 0.324 e. The van der Waals surface area contributed by atoms with E-state index in [-0.39, 0.29) is 6.04 Å². The van der Waals surface area contributed by atoms with Crippen LogP contribution in [0.3, 0.4) is 0 Å². The summed E-state index contributed by atoms with van der Waals surface area (Å²) in [5.74, 6) is 2.10. The predicted molar refractivity (Wildman–Crippen MR) is 102 cm³/mol. The van der Waals surface area contributed by atoms with Crippen LogP contribution >= 0.6 is 0 Å². The zero-order chi connectivity index (χ0) is 17.0. The topological polar surface area (TPSA) is 26.0 Å². The molecule has 2 aliphatic carbocycles. The van der Waals surface area contributed by atoms with Crippen LogP contribution < -0.4 is 5.73 Å². The van der Waals surface area contributed by atoms with Crippen molar-refractivity contribution in [2.45, 2.75) is 78.2 Å². The van der Waals surface area contributed by atoms with E-state index in [4.69, 9.17) is 5.73 Å². The zero-order valence-electron chi connectivity index (χ0n) is 15.6. The summed E-state index contributed by atoms with van der Waals surface area (Å²) in [5, 5.41) is 0. The first kappa shape index (κ1) is 18.5. The SMILES string of the molecule is C=C/C(=C/CC1C(=C)C(N)CC2C(C)CCCC12C)CCCC. The van der Waals surface area contributed by atoms with E-state index in [0.29, 0.717) is 11.3 Å². The highest BCUT2D eigenvalue weighted by molar-refractivity contribution is 5.24. The quantitative estimate of drug-likeness (QED) is 0.470. The van der Waals surface area contributed by atoms with Gasteiger partial charge in [-0.05, 0) is 55.3 Å². The van der Waals surface area contributed by atoms with Crippen molar-refractivity contribution < 1.29 is 0 Å². The molecule has 1 nitrogen and oxygen atoms in total. The Kier molecular flexibility index (Phi) is 6.31. The zero-order valence-corrected chi connectivity index (χ0v) is 15.6. The fraction of sp³-hybridized carbons (Fsp3) is 0.727. The molecule has 0 saturated heterocycles. The molecule has 5 atom stereocenters. The Hall–Kier alpha value is -0.820. The molecule has 5 unspecified atom stereocenters. The molecule has 0 radical (unpaired) electrons. The first-order valence-corrected chi connectivity index (χ1v) is 9.69. The summed E-state index contributed by atoms with van der Waals surface area (Å²) < 4.78 is 0. The van der Waals surface area contributed by atoms with Crippen molar-refractivity contribution in [1.82, 2.24) is 0 Å². The molecule has 0 aromatic heterocycles. The second-order valence-electron chi connectivity index (χ2n) is 8.27. The van der Waals surface area contributed by atoms with Crippen molar-refractivity contribution >= 4 is 0 Å². The Morgan fingerprint density at radius 3 is 2.83 bits per heavy atom. The molecule has 0 amide bonds. The first-order chi connectivity index (χ1) is 10.9. The summed E-state index contributed by atoms with van der Waals surface area (Å²) in [6, 6.07) is 0.190. The van der Waals surface area contributed by atoms with Gasteiger partial charge in [-0.15, -0.1) is 0 Å². The molecule has 2 rings (SSSR count). The molecular formula is C22H37N. The summed E-state index contributed by atoms with van der Waals surface area (Å²) in [7, 11) is 0. The van der Waals surface area contributed by atoms with Crippen LogP contribution in [-0.4, -0.2) is 6.04 Å². The van der Waals surface area contributed by atoms with Gasteiger partial charge in [0.15, 0.2) is 0 Å². The summed E-state index contributed by atoms with van der Waals surface area (Å²) in [6.45, 7) is 15.6. The minimum atomic E-state index is 0.190. The molecule has 0 aromatic carbocycles. The lowest BCUT2D eigenvalue weighted by Crippen LogP contribution is -2.51. The standard InChI is InChI=1S/C22H37N/c1-6-8-11-18(7-2)12-13-19-17(4)21(23)15-20-16(3)10-9-14-22(19,20)5/h7,12,16,19-21H,2,4,6,8-11,13-15,23H2,1,3,5H3/b18-12-. The van der Waals surface area contributed by atoms with Gasteiger partial charge in [-0.2, -0.15) is 0 Å². The molecule has 0 spiro atoms. The van der Waals surface area contributed by atoms with Crippen molar-refractivity contribution in [2.75, 3.05) is 0 Å². The minimum absolute atomic E-state index is 0.190. The smallest absolute Gasteiger partial charge is 0.0256 e. The van der Waals surface area contributed by atoms with Crippen molar-refractivity contribution in [2.24, 2.45) is 28.9 Å². The highest BCUT2D eigenvalue weighted by Crippen LogP contribution is 2.57. The number of fused-ring (bicyclic) bond motifs is 1. The second-order valence-corrected chi connectivity index (χ2v) is 8.27. The van der Waals surface area contributed by atoms with Gasteiger partial charge in [0, 0.05) is 6.04 Å². The van der Waals surface area contributed by atoms with Gasteiger partial charge in [0.05, 0.1) is 0 Å². The maximum Gasteiger partial charge on any atom is 0.0256 e. The van der Waals surface area contributed by atoms with Gasteiger partial charge in [-0.25, -0.2) is 0 Å². The van der Waals surface area contributed by atoms with Gasteiger partial charge in [-0.1, -0.05) is 76.5 Å². The Balaban J connectivity index is 2.20. The molecule has 0 aromatic rings. The van der Waals surface area contributed by atoms with Gasteiger partial charge >= 0.3 is 0 Å². The lowest BCUT2D eigenvalue weighted by Gasteiger charge is -2.55. The molecule has 0 aliphatic heterocycles. The monoisotopic (exact) mass is 315 g/mol. The highest BCUT2D eigenvalue weighted by atomic mass is 14.7. The van der Waals surface area contributed by atoms with Crippen LogP contribution in [0.1, 0.15) is 72.1 Å². The molecule has 0 heterocycles. The summed E-state index contributed by atoms with van der Waals surface area (Å²) in [6.07, 6.45) is 14.4. The van der Waals surface area contributed by atoms with E-state index in [1.165, 1.54) is 43.3 Å². The third-order valence-corrected chi connectivity index (χ3v) is 6.83. The molecular weight excluding hydrogens is 278 g/mol. The predicted octanol–water partition coefficient (Wildman–Crippen LogP) is 6.03. The summed E-state index contributed by atoms with van der Waals surface area (Å²) >= 11 is 0. The Morgan fingerprint density at radius 2 is 2.17 bits per heavy atom. The van der Waals surface area contributed by atoms with Crippen LogP contribution in [0, 0.1) is 23.2 Å². The maximum atomic E-state index is 6.48. The summed E-state index contributed by atoms with van der Waals surface area (Å²) in [4.78, 5) is 0. The van der Waals surface area contributed by atoms with Gasteiger partial charge < -0.3 is 5.73 Å². The molecule has 2 N–H and O–H groups in total. The lowest BCUT2D eigenvalue weighted by molar-refractivity contribution is -0.00775. The molecule has 0 bridgehead atoms. The number of hydrogen-bond donors (Lipinski definition) is 1. The highest BCUT2D eigenvalue weighted by Gasteiger charge is 2.50. The van der Waals surface area contributed by atoms with Crippen LogP contribution in [0.5, 0.6) is 0 Å². The molecule has 130 valence electrons. The average Bonchev–Trinajstić information content (AvgIpc) is 2.52. The van der Waals surface area contributed by atoms with E-state index >= 15 is 0 Å². The normalized spacial score (nSPS) is 38.3. The fourth-order valence-electron chi connectivity index (χ4n) is 5.24. The molecule has 2 saturated carbocycles. The second kappa shape index (κ2) is 7.83. The molecule has 23 heavy (non-hydrogen) atoms. The van der Waals surface area contributed by atoms with E-state index in [2.05, 4.69) is 40.0 Å². The van der Waals surface area contributed by atoms with E-state index < -0.39 is 0 Å². The number of hydrogen-bond acceptors (Lipinski definition) is 1. The van der Waals surface area contributed by atoms with Crippen molar-refractivity contribution in [3.63, 3.8) is 0 Å². The number of rotatable bonds is 6. The minimum Gasteiger partial charge on any atom is -0.324 e. The fourth-order valence-corrected chi connectivity index (χ4v) is 5.24. The van der Waals surface area contributed by atoms with Crippen LogP contribution in [0.2, 0.25) is 0 Å².